The summed E-state index contributed by atoms with van der Waals surface area (Å²) in [6.45, 7) is 0. The third kappa shape index (κ3) is 238. The molecule has 0 unspecified atom stereocenters. The van der Waals surface area contributed by atoms with E-state index in [-0.39, 0.29) is 0 Å². The molecule has 0 heterocycles. The quantitative estimate of drug-likeness (QED) is 0.291. The Bertz CT molecular complexity index is 251. The van der Waals surface area contributed by atoms with Gasteiger partial charge in [0.15, 0.2) is 0 Å². The van der Waals surface area contributed by atoms with Crippen LogP contribution in [0.4, 0.5) is 9.59 Å². The van der Waals surface area contributed by atoms with Crippen LogP contribution in [-0.2, 0) is 9.59 Å². The van der Waals surface area contributed by atoms with Gasteiger partial charge in [0.05, 0.1) is 0 Å². The summed E-state index contributed by atoms with van der Waals surface area (Å²) >= 11 is 0. The van der Waals surface area contributed by atoms with E-state index < -0.39 is 24.0 Å². The van der Waals surface area contributed by atoms with Crippen LogP contribution in [0.1, 0.15) is 0 Å². The Labute approximate surface area is 89.5 Å². The van der Waals surface area contributed by atoms with E-state index in [9.17, 15) is 9.59 Å². The van der Waals surface area contributed by atoms with Gasteiger partial charge in [-0.25, -0.2) is 19.2 Å². The molecule has 0 aliphatic rings. The molecule has 0 aromatic carbocycles. The van der Waals surface area contributed by atoms with Gasteiger partial charge in [0.2, 0.25) is 0 Å². The molecule has 0 aromatic rings. The summed E-state index contributed by atoms with van der Waals surface area (Å²) in [5, 5.41) is 15.6. The molecule has 0 aromatic heterocycles. The number of rotatable bonds is 2. The van der Waals surface area contributed by atoms with Gasteiger partial charge in [-0.2, -0.15) is 0 Å². The van der Waals surface area contributed by atoms with Crippen LogP contribution >= 0.6 is 0 Å². The van der Waals surface area contributed by atoms with Crippen LogP contribution in [0.2, 0.25) is 0 Å². The number of hydrogen-bond acceptors (Lipinski definition) is 4. The number of aliphatic carboxylic acids is 2. The summed E-state index contributed by atoms with van der Waals surface area (Å²) in [5.41, 5.74) is 17.0. The smallest absolute Gasteiger partial charge is 0.328 e. The Morgan fingerprint density at radius 1 is 0.688 bits per heavy atom. The van der Waals surface area contributed by atoms with E-state index in [1.807, 2.05) is 0 Å². The van der Waals surface area contributed by atoms with Crippen molar-refractivity contribution in [3.8, 4) is 0 Å². The zero-order valence-electron chi connectivity index (χ0n) is 7.99. The van der Waals surface area contributed by atoms with Crippen molar-refractivity contribution in [2.75, 3.05) is 0 Å². The molecule has 10 heteroatoms. The Morgan fingerprint density at radius 3 is 0.875 bits per heavy atom. The summed E-state index contributed by atoms with van der Waals surface area (Å²) in [7, 11) is 0. The number of amides is 4. The fourth-order valence-electron chi connectivity index (χ4n) is 0.143. The number of urea groups is 2. The summed E-state index contributed by atoms with van der Waals surface area (Å²) in [6.07, 6.45) is 1.12. The predicted molar refractivity (Wildman–Crippen MR) is 52.0 cm³/mol. The number of carboxylic acids is 2. The highest BCUT2D eigenvalue weighted by Crippen LogP contribution is 1.70. The molecule has 0 spiro atoms. The number of primary amides is 4. The van der Waals surface area contributed by atoms with E-state index in [2.05, 4.69) is 22.9 Å². The van der Waals surface area contributed by atoms with Crippen molar-refractivity contribution in [2.45, 2.75) is 0 Å². The van der Waals surface area contributed by atoms with Crippen LogP contribution in [0.3, 0.4) is 0 Å². The van der Waals surface area contributed by atoms with Gasteiger partial charge in [-0.15, -0.1) is 0 Å². The average molecular weight is 236 g/mol. The van der Waals surface area contributed by atoms with E-state index in [4.69, 9.17) is 19.8 Å². The molecule has 4 amide bonds. The lowest BCUT2D eigenvalue weighted by atomic mass is 10.5. The van der Waals surface area contributed by atoms with Gasteiger partial charge in [0.1, 0.15) is 0 Å². The summed E-state index contributed by atoms with van der Waals surface area (Å²) in [6, 6.07) is -1.67. The number of carbonyl (C=O) groups excluding carboxylic acids is 2. The minimum Gasteiger partial charge on any atom is -0.478 e. The van der Waals surface area contributed by atoms with Crippen LogP contribution < -0.4 is 22.9 Å². The molecule has 0 radical (unpaired) electrons. The monoisotopic (exact) mass is 236 g/mol. The van der Waals surface area contributed by atoms with Crippen molar-refractivity contribution >= 4 is 24.0 Å². The predicted octanol–water partition coefficient (Wildman–Crippen LogP) is -2.24. The van der Waals surface area contributed by atoms with E-state index in [1.54, 1.807) is 0 Å². The number of hydrogen-bond donors (Lipinski definition) is 6. The lowest BCUT2D eigenvalue weighted by Gasteiger charge is -1.74. The molecule has 0 atom stereocenters. The lowest BCUT2D eigenvalue weighted by molar-refractivity contribution is -0.134. The maximum absolute atomic E-state index is 9.55. The molecular weight excluding hydrogens is 224 g/mol. The summed E-state index contributed by atoms with van der Waals surface area (Å²) in [5.74, 6) is -2.51. The molecule has 16 heavy (non-hydrogen) atoms. The molecule has 0 rings (SSSR count). The van der Waals surface area contributed by atoms with Gasteiger partial charge in [0, 0.05) is 12.2 Å². The van der Waals surface area contributed by atoms with Crippen molar-refractivity contribution in [3.63, 3.8) is 0 Å². The minimum absolute atomic E-state index is 0.558. The van der Waals surface area contributed by atoms with Crippen molar-refractivity contribution in [1.82, 2.24) is 0 Å². The molecule has 0 aliphatic carbocycles. The lowest BCUT2D eigenvalue weighted by Crippen LogP contribution is -2.18. The highest BCUT2D eigenvalue weighted by atomic mass is 16.4. The average Bonchev–Trinajstić information content (AvgIpc) is 1.98. The van der Waals surface area contributed by atoms with Crippen LogP contribution in [-0.4, -0.2) is 34.2 Å². The third-order valence-electron chi connectivity index (χ3n) is 0.368. The van der Waals surface area contributed by atoms with Crippen molar-refractivity contribution < 1.29 is 29.4 Å². The maximum Gasteiger partial charge on any atom is 0.328 e. The number of carbonyl (C=O) groups is 4. The molecule has 0 aliphatic heterocycles. The Kier molecular flexibility index (Phi) is 14.4. The van der Waals surface area contributed by atoms with Gasteiger partial charge in [0.25, 0.3) is 0 Å². The van der Waals surface area contributed by atoms with Crippen LogP contribution in [0.25, 0.3) is 0 Å². The minimum atomic E-state index is -1.26. The van der Waals surface area contributed by atoms with Crippen LogP contribution in [0, 0.1) is 0 Å². The van der Waals surface area contributed by atoms with Gasteiger partial charge in [-0.1, -0.05) is 0 Å². The van der Waals surface area contributed by atoms with Crippen molar-refractivity contribution in [3.05, 3.63) is 12.2 Å². The first-order chi connectivity index (χ1) is 7.09. The third-order valence-corrected chi connectivity index (χ3v) is 0.368. The highest BCUT2D eigenvalue weighted by Gasteiger charge is 1.88. The molecule has 10 nitrogen and oxygen atoms in total. The second kappa shape index (κ2) is 12.2. The second-order valence-corrected chi connectivity index (χ2v) is 1.81. The van der Waals surface area contributed by atoms with E-state index in [1.165, 1.54) is 0 Å². The zero-order chi connectivity index (χ0) is 13.7. The SMILES string of the molecule is NC(N)=O.NC(N)=O.O=C(O)/C=C/C(=O)O. The van der Waals surface area contributed by atoms with Crippen molar-refractivity contribution in [2.24, 2.45) is 22.9 Å². The van der Waals surface area contributed by atoms with Gasteiger partial charge in [-0.3, -0.25) is 0 Å². The first-order valence-corrected chi connectivity index (χ1v) is 3.33. The number of nitrogens with two attached hydrogens (primary N) is 4. The van der Waals surface area contributed by atoms with Gasteiger partial charge < -0.3 is 33.1 Å². The van der Waals surface area contributed by atoms with Crippen molar-refractivity contribution in [1.29, 1.82) is 0 Å². The fraction of sp³-hybridized carbons (Fsp3) is 0. The first-order valence-electron chi connectivity index (χ1n) is 3.33. The summed E-state index contributed by atoms with van der Waals surface area (Å²) in [4.78, 5) is 37.1. The maximum atomic E-state index is 9.55. The topological polar surface area (TPSA) is 213 Å². The Balaban J connectivity index is -0.000000179. The van der Waals surface area contributed by atoms with Gasteiger partial charge >= 0.3 is 24.0 Å². The molecular formula is C6H12N4O6. The molecule has 0 fully saturated rings. The molecule has 0 bridgehead atoms. The van der Waals surface area contributed by atoms with Crippen LogP contribution in [0.15, 0.2) is 12.2 Å². The Morgan fingerprint density at radius 2 is 0.812 bits per heavy atom. The molecule has 0 saturated heterocycles. The molecule has 92 valence electrons. The van der Waals surface area contributed by atoms with E-state index >= 15 is 0 Å². The van der Waals surface area contributed by atoms with Crippen LogP contribution in [0.5, 0.6) is 0 Å². The zero-order valence-corrected chi connectivity index (χ0v) is 7.99. The first kappa shape index (κ1) is 18.9. The molecule has 10 N–H and O–H groups in total. The molecule has 0 saturated carbocycles. The number of carboxylic acid groups (broad SMARTS) is 2. The van der Waals surface area contributed by atoms with E-state index in [0.717, 1.165) is 0 Å². The fourth-order valence-corrected chi connectivity index (χ4v) is 0.143. The van der Waals surface area contributed by atoms with Gasteiger partial charge in [-0.05, 0) is 0 Å². The Hall–Kier alpha value is -2.78. The largest absolute Gasteiger partial charge is 0.478 e. The highest BCUT2D eigenvalue weighted by molar-refractivity contribution is 5.89. The second-order valence-electron chi connectivity index (χ2n) is 1.81. The standard InChI is InChI=1S/C4H4O4.2CH4N2O/c5-3(6)1-2-4(7)8;2*2-1(3)4/h1-2H,(H,5,6)(H,7,8);2*(H4,2,3,4)/b2-1+;;. The summed E-state index contributed by atoms with van der Waals surface area (Å²) < 4.78 is 0. The normalized spacial score (nSPS) is 7.75. The van der Waals surface area contributed by atoms with E-state index in [0.29, 0.717) is 12.2 Å².